The van der Waals surface area contributed by atoms with Gasteiger partial charge in [0.05, 0.1) is 32.9 Å². The molecule has 4 heteroatoms. The molecule has 24 heavy (non-hydrogen) atoms. The monoisotopic (exact) mass is 442 g/mol. The molecule has 134 valence electrons. The van der Waals surface area contributed by atoms with Crippen LogP contribution in [0.4, 0.5) is 0 Å². The summed E-state index contributed by atoms with van der Waals surface area (Å²) in [7, 11) is 4.62. The highest BCUT2D eigenvalue weighted by Gasteiger charge is 2.26. The lowest BCUT2D eigenvalue weighted by Crippen LogP contribution is -3.00. The molecule has 0 spiro atoms. The molecule has 0 aliphatic carbocycles. The van der Waals surface area contributed by atoms with Crippen LogP contribution in [-0.2, 0) is 0 Å². The molecular formula is C20H31IN2O. The lowest BCUT2D eigenvalue weighted by molar-refractivity contribution is -0.891. The van der Waals surface area contributed by atoms with Crippen molar-refractivity contribution in [2.75, 3.05) is 27.2 Å². The predicted molar refractivity (Wildman–Crippen MR) is 97.3 cm³/mol. The quantitative estimate of drug-likeness (QED) is 0.361. The Morgan fingerprint density at radius 3 is 2.54 bits per heavy atom. The maximum atomic E-state index is 12.1. The van der Waals surface area contributed by atoms with E-state index in [1.807, 2.05) is 12.3 Å². The van der Waals surface area contributed by atoms with Gasteiger partial charge in [0.2, 0.25) is 0 Å². The number of likely N-dealkylation sites (N-methyl/N-ethyl adjacent to an activating group) is 1. The van der Waals surface area contributed by atoms with Crippen LogP contribution in [0.2, 0.25) is 0 Å². The smallest absolute Gasteiger partial charge is 0.176 e. The van der Waals surface area contributed by atoms with E-state index in [-0.39, 0.29) is 29.8 Å². The van der Waals surface area contributed by atoms with Gasteiger partial charge in [-0.15, -0.1) is 0 Å². The van der Waals surface area contributed by atoms with Gasteiger partial charge in [0, 0.05) is 24.6 Å². The fraction of sp³-hybridized carbons (Fsp3) is 0.550. The third-order valence-corrected chi connectivity index (χ3v) is 4.85. The highest BCUT2D eigenvalue weighted by atomic mass is 127. The zero-order valence-electron chi connectivity index (χ0n) is 15.9. The van der Waals surface area contributed by atoms with Crippen LogP contribution in [-0.4, -0.2) is 41.9 Å². The number of aromatic nitrogens is 1. The maximum Gasteiger partial charge on any atom is 0.176 e. The molecule has 0 aliphatic heterocycles. The van der Waals surface area contributed by atoms with E-state index in [2.05, 4.69) is 51.4 Å². The second kappa shape index (κ2) is 8.48. The Bertz CT molecular complexity index is 703. The van der Waals surface area contributed by atoms with Crippen molar-refractivity contribution in [1.82, 2.24) is 4.40 Å². The van der Waals surface area contributed by atoms with E-state index in [9.17, 15) is 4.79 Å². The Labute approximate surface area is 163 Å². The minimum absolute atomic E-state index is 0. The Kier molecular flexibility index (Phi) is 7.47. The van der Waals surface area contributed by atoms with Gasteiger partial charge in [-0.1, -0.05) is 26.3 Å². The molecule has 2 aromatic heterocycles. The highest BCUT2D eigenvalue weighted by Crippen LogP contribution is 2.31. The summed E-state index contributed by atoms with van der Waals surface area (Å²) < 4.78 is 3.09. The highest BCUT2D eigenvalue weighted by molar-refractivity contribution is 5.96. The Morgan fingerprint density at radius 1 is 1.29 bits per heavy atom. The molecule has 2 rings (SSSR count). The van der Waals surface area contributed by atoms with Crippen LogP contribution in [0.5, 0.6) is 0 Å². The molecule has 1 unspecified atom stereocenters. The van der Waals surface area contributed by atoms with Gasteiger partial charge in [0.15, 0.2) is 5.78 Å². The molecule has 0 aromatic carbocycles. The SMILES string of the molecule is CCCC[N+](C)(C)CC(C)c1c(C)c(C(C)=O)n2ccccc12.[I-]. The number of rotatable bonds is 7. The summed E-state index contributed by atoms with van der Waals surface area (Å²) in [5, 5.41) is 0. The molecule has 0 N–H and O–H groups in total. The molecule has 0 fully saturated rings. The summed E-state index contributed by atoms with van der Waals surface area (Å²) >= 11 is 0. The van der Waals surface area contributed by atoms with Crippen molar-refractivity contribution in [3.8, 4) is 0 Å². The van der Waals surface area contributed by atoms with E-state index >= 15 is 0 Å². The first-order chi connectivity index (χ1) is 10.8. The van der Waals surface area contributed by atoms with Crippen LogP contribution < -0.4 is 24.0 Å². The number of Topliss-reactive ketones (excluding diaryl/α,β-unsaturated/α-hetero) is 1. The fourth-order valence-corrected chi connectivity index (χ4v) is 3.92. The first-order valence-electron chi connectivity index (χ1n) is 8.71. The van der Waals surface area contributed by atoms with Crippen LogP contribution in [0, 0.1) is 6.92 Å². The van der Waals surface area contributed by atoms with E-state index in [1.54, 1.807) is 6.92 Å². The molecule has 0 amide bonds. The van der Waals surface area contributed by atoms with Gasteiger partial charge >= 0.3 is 0 Å². The second-order valence-electron chi connectivity index (χ2n) is 7.50. The number of halogens is 1. The predicted octanol–water partition coefficient (Wildman–Crippen LogP) is 1.43. The van der Waals surface area contributed by atoms with Crippen molar-refractivity contribution in [2.45, 2.75) is 46.5 Å². The molecular weight excluding hydrogens is 411 g/mol. The topological polar surface area (TPSA) is 21.5 Å². The Balaban J connectivity index is 0.00000288. The standard InChI is InChI=1S/C20H31N2O.HI/c1-7-8-13-22(5,6)14-15(2)19-16(3)20(17(4)23)21-12-10-9-11-18(19)21;/h9-12,15H,7-8,13-14H2,1-6H3;1H/q+1;/p-1. The fourth-order valence-electron chi connectivity index (χ4n) is 3.92. The number of nitrogens with zero attached hydrogens (tertiary/aromatic N) is 2. The van der Waals surface area contributed by atoms with Crippen LogP contribution in [0.3, 0.4) is 0 Å². The molecule has 1 atom stereocenters. The number of ketones is 1. The minimum atomic E-state index is 0. The van der Waals surface area contributed by atoms with Gasteiger partial charge in [-0.05, 0) is 36.6 Å². The number of unbranched alkanes of at least 4 members (excludes halogenated alkanes) is 1. The van der Waals surface area contributed by atoms with Crippen LogP contribution in [0.25, 0.3) is 5.52 Å². The van der Waals surface area contributed by atoms with E-state index in [1.165, 1.54) is 30.5 Å². The normalized spacial score (nSPS) is 12.9. The molecule has 2 heterocycles. The molecule has 2 aromatic rings. The van der Waals surface area contributed by atoms with Crippen LogP contribution in [0.1, 0.15) is 61.1 Å². The summed E-state index contributed by atoms with van der Waals surface area (Å²) in [5.41, 5.74) is 4.49. The average Bonchev–Trinajstić information content (AvgIpc) is 2.76. The summed E-state index contributed by atoms with van der Waals surface area (Å²) in [6.45, 7) is 10.6. The molecule has 0 bridgehead atoms. The Morgan fingerprint density at radius 2 is 1.96 bits per heavy atom. The summed E-state index contributed by atoms with van der Waals surface area (Å²) in [5.74, 6) is 0.564. The van der Waals surface area contributed by atoms with Crippen molar-refractivity contribution in [3.63, 3.8) is 0 Å². The van der Waals surface area contributed by atoms with Crippen molar-refractivity contribution in [3.05, 3.63) is 41.2 Å². The number of carbonyl (C=O) groups is 1. The molecule has 0 saturated carbocycles. The number of hydrogen-bond donors (Lipinski definition) is 0. The first kappa shape index (κ1) is 21.2. The molecule has 3 nitrogen and oxygen atoms in total. The summed E-state index contributed by atoms with van der Waals surface area (Å²) in [6.07, 6.45) is 4.50. The van der Waals surface area contributed by atoms with Crippen molar-refractivity contribution in [2.24, 2.45) is 0 Å². The maximum absolute atomic E-state index is 12.1. The van der Waals surface area contributed by atoms with Crippen LogP contribution >= 0.6 is 0 Å². The van der Waals surface area contributed by atoms with Crippen molar-refractivity contribution < 1.29 is 33.3 Å². The zero-order chi connectivity index (χ0) is 17.2. The van der Waals surface area contributed by atoms with E-state index in [0.717, 1.165) is 22.3 Å². The van der Waals surface area contributed by atoms with E-state index in [4.69, 9.17) is 0 Å². The van der Waals surface area contributed by atoms with Gasteiger partial charge in [-0.2, -0.15) is 0 Å². The third-order valence-electron chi connectivity index (χ3n) is 4.85. The number of fused-ring (bicyclic) bond motifs is 1. The minimum Gasteiger partial charge on any atom is -1.00 e. The van der Waals surface area contributed by atoms with Gasteiger partial charge in [0.1, 0.15) is 0 Å². The number of hydrogen-bond acceptors (Lipinski definition) is 1. The largest absolute Gasteiger partial charge is 1.00 e. The van der Waals surface area contributed by atoms with Gasteiger partial charge in [-0.25, -0.2) is 0 Å². The summed E-state index contributed by atoms with van der Waals surface area (Å²) in [4.78, 5) is 12.1. The number of pyridine rings is 1. The molecule has 0 radical (unpaired) electrons. The lowest BCUT2D eigenvalue weighted by Gasteiger charge is -2.32. The number of quaternary nitrogens is 1. The van der Waals surface area contributed by atoms with Crippen molar-refractivity contribution >= 4 is 11.3 Å². The Hall–Kier alpha value is -0.880. The second-order valence-corrected chi connectivity index (χ2v) is 7.50. The lowest BCUT2D eigenvalue weighted by atomic mass is 9.95. The van der Waals surface area contributed by atoms with E-state index in [0.29, 0.717) is 5.92 Å². The summed E-state index contributed by atoms with van der Waals surface area (Å²) in [6, 6.07) is 6.19. The van der Waals surface area contributed by atoms with E-state index < -0.39 is 0 Å². The van der Waals surface area contributed by atoms with Gasteiger partial charge < -0.3 is 32.9 Å². The van der Waals surface area contributed by atoms with Crippen LogP contribution in [0.15, 0.2) is 24.4 Å². The van der Waals surface area contributed by atoms with Crippen molar-refractivity contribution in [1.29, 1.82) is 0 Å². The van der Waals surface area contributed by atoms with Gasteiger partial charge in [0.25, 0.3) is 0 Å². The zero-order valence-corrected chi connectivity index (χ0v) is 18.1. The average molecular weight is 442 g/mol. The molecule has 0 aliphatic rings. The number of carbonyl (C=O) groups excluding carboxylic acids is 1. The third kappa shape index (κ3) is 4.39. The molecule has 0 saturated heterocycles. The van der Waals surface area contributed by atoms with Gasteiger partial charge in [-0.3, -0.25) is 4.79 Å². The first-order valence-corrected chi connectivity index (χ1v) is 8.71.